The largest absolute Gasteiger partial charge is 0.370 e. The van der Waals surface area contributed by atoms with Gasteiger partial charge in [0.2, 0.25) is 0 Å². The molecule has 2 aromatic rings. The number of urea groups is 1. The SMILES string of the molecule is Cl.Cl.NC(N)=Nc1ccc(NC(=O)Nc2ccc(NC3=NCCN3)cc2)cc1. The van der Waals surface area contributed by atoms with Gasteiger partial charge in [-0.25, -0.2) is 9.79 Å². The fourth-order valence-electron chi connectivity index (χ4n) is 2.32. The number of carbonyl (C=O) groups is 1. The van der Waals surface area contributed by atoms with Crippen LogP contribution in [0.2, 0.25) is 0 Å². The Morgan fingerprint density at radius 3 is 1.96 bits per heavy atom. The standard InChI is InChI=1S/C17H20N8O.2ClH/c18-15(19)22-11-1-5-13(6-2-11)24-17(26)25-14-7-3-12(4-8-14)23-16-20-9-10-21-16;;/h1-8H,9-10H2,(H4,18,19,22)(H2,20,21,23)(H2,24,25,26);2*1H. The van der Waals surface area contributed by atoms with Gasteiger partial charge in [0.1, 0.15) is 0 Å². The van der Waals surface area contributed by atoms with Crippen LogP contribution in [-0.2, 0) is 0 Å². The van der Waals surface area contributed by atoms with Crippen LogP contribution in [0.1, 0.15) is 0 Å². The van der Waals surface area contributed by atoms with Crippen molar-refractivity contribution in [2.24, 2.45) is 21.5 Å². The minimum Gasteiger partial charge on any atom is -0.370 e. The Morgan fingerprint density at radius 2 is 1.46 bits per heavy atom. The van der Waals surface area contributed by atoms with Crippen molar-refractivity contribution >= 4 is 65.5 Å². The third kappa shape index (κ3) is 6.86. The van der Waals surface area contributed by atoms with E-state index >= 15 is 0 Å². The number of nitrogens with zero attached hydrogens (tertiary/aromatic N) is 2. The highest BCUT2D eigenvalue weighted by Crippen LogP contribution is 2.17. The molecule has 2 aromatic carbocycles. The maximum Gasteiger partial charge on any atom is 0.323 e. The third-order valence-corrected chi connectivity index (χ3v) is 3.46. The summed E-state index contributed by atoms with van der Waals surface area (Å²) in [5.41, 5.74) is 13.4. The van der Waals surface area contributed by atoms with Gasteiger partial charge in [-0.15, -0.1) is 24.8 Å². The van der Waals surface area contributed by atoms with Gasteiger partial charge in [-0.1, -0.05) is 0 Å². The molecule has 1 heterocycles. The van der Waals surface area contributed by atoms with E-state index in [1.165, 1.54) is 0 Å². The predicted octanol–water partition coefficient (Wildman–Crippen LogP) is 2.45. The van der Waals surface area contributed by atoms with Crippen molar-refractivity contribution in [3.63, 3.8) is 0 Å². The van der Waals surface area contributed by atoms with Crippen molar-refractivity contribution in [3.8, 4) is 0 Å². The molecule has 11 heteroatoms. The number of rotatable bonds is 4. The first-order valence-electron chi connectivity index (χ1n) is 8.01. The van der Waals surface area contributed by atoms with Crippen LogP contribution < -0.4 is 32.7 Å². The number of benzene rings is 2. The zero-order valence-corrected chi connectivity index (χ0v) is 16.4. The molecule has 0 bridgehead atoms. The third-order valence-electron chi connectivity index (χ3n) is 3.46. The molecule has 8 N–H and O–H groups in total. The van der Waals surface area contributed by atoms with E-state index in [2.05, 4.69) is 31.3 Å². The van der Waals surface area contributed by atoms with Crippen molar-refractivity contribution in [2.75, 3.05) is 29.0 Å². The smallest absolute Gasteiger partial charge is 0.323 e. The van der Waals surface area contributed by atoms with E-state index in [0.29, 0.717) is 17.1 Å². The maximum absolute atomic E-state index is 12.1. The topological polar surface area (TPSA) is 142 Å². The van der Waals surface area contributed by atoms with Gasteiger partial charge in [-0.3, -0.25) is 4.99 Å². The summed E-state index contributed by atoms with van der Waals surface area (Å²) in [5, 5.41) is 11.8. The number of carbonyl (C=O) groups excluding carboxylic acids is 1. The molecule has 1 aliphatic heterocycles. The van der Waals surface area contributed by atoms with Crippen molar-refractivity contribution in [2.45, 2.75) is 0 Å². The van der Waals surface area contributed by atoms with E-state index in [0.717, 1.165) is 24.7 Å². The fourth-order valence-corrected chi connectivity index (χ4v) is 2.32. The normalized spacial score (nSPS) is 11.6. The molecule has 0 unspecified atom stereocenters. The average Bonchev–Trinajstić information content (AvgIpc) is 3.11. The van der Waals surface area contributed by atoms with Crippen molar-refractivity contribution in [1.29, 1.82) is 0 Å². The lowest BCUT2D eigenvalue weighted by Gasteiger charge is -2.10. The minimum absolute atomic E-state index is 0. The molecule has 0 fully saturated rings. The van der Waals surface area contributed by atoms with Crippen LogP contribution in [0.5, 0.6) is 0 Å². The summed E-state index contributed by atoms with van der Waals surface area (Å²) >= 11 is 0. The average molecular weight is 425 g/mol. The molecular weight excluding hydrogens is 403 g/mol. The van der Waals surface area contributed by atoms with Crippen LogP contribution in [0.4, 0.5) is 27.5 Å². The maximum atomic E-state index is 12.1. The molecule has 0 aromatic heterocycles. The first-order valence-corrected chi connectivity index (χ1v) is 8.01. The number of hydrogen-bond donors (Lipinski definition) is 6. The first kappa shape index (κ1) is 22.9. The fraction of sp³-hybridized carbons (Fsp3) is 0.118. The van der Waals surface area contributed by atoms with Gasteiger partial charge in [0.25, 0.3) is 0 Å². The van der Waals surface area contributed by atoms with E-state index in [1.54, 1.807) is 36.4 Å². The Bertz CT molecular complexity index is 833. The van der Waals surface area contributed by atoms with Gasteiger partial charge < -0.3 is 32.7 Å². The summed E-state index contributed by atoms with van der Waals surface area (Å²) < 4.78 is 0. The van der Waals surface area contributed by atoms with Gasteiger partial charge in [-0.2, -0.15) is 0 Å². The summed E-state index contributed by atoms with van der Waals surface area (Å²) in [5.74, 6) is 0.741. The molecular formula is C17H22Cl2N8O. The second kappa shape index (κ2) is 10.9. The Kier molecular flexibility index (Phi) is 8.86. The summed E-state index contributed by atoms with van der Waals surface area (Å²) in [6.45, 7) is 1.62. The highest BCUT2D eigenvalue weighted by atomic mass is 35.5. The van der Waals surface area contributed by atoms with Crippen molar-refractivity contribution < 1.29 is 4.79 Å². The molecule has 0 saturated carbocycles. The lowest BCUT2D eigenvalue weighted by molar-refractivity contribution is 0.262. The number of aliphatic imine (C=N–C) groups is 2. The van der Waals surface area contributed by atoms with Crippen LogP contribution in [0.15, 0.2) is 58.5 Å². The van der Waals surface area contributed by atoms with Crippen LogP contribution in [0.25, 0.3) is 0 Å². The first-order chi connectivity index (χ1) is 12.6. The van der Waals surface area contributed by atoms with Crippen LogP contribution in [0, 0.1) is 0 Å². The van der Waals surface area contributed by atoms with E-state index < -0.39 is 0 Å². The minimum atomic E-state index is -0.345. The zero-order chi connectivity index (χ0) is 18.4. The molecule has 0 spiro atoms. The monoisotopic (exact) mass is 424 g/mol. The second-order valence-corrected chi connectivity index (χ2v) is 5.52. The van der Waals surface area contributed by atoms with E-state index in [1.807, 2.05) is 12.1 Å². The Hall–Kier alpha value is -3.17. The van der Waals surface area contributed by atoms with Crippen LogP contribution >= 0.6 is 24.8 Å². The lowest BCUT2D eigenvalue weighted by atomic mass is 10.2. The number of anilines is 3. The Balaban J connectivity index is 0.00000196. The van der Waals surface area contributed by atoms with E-state index in [9.17, 15) is 4.79 Å². The van der Waals surface area contributed by atoms with Gasteiger partial charge in [0, 0.05) is 23.6 Å². The summed E-state index contributed by atoms with van der Waals surface area (Å²) in [6, 6.07) is 13.8. The van der Waals surface area contributed by atoms with Crippen LogP contribution in [-0.4, -0.2) is 31.0 Å². The molecule has 3 rings (SSSR count). The molecule has 150 valence electrons. The molecule has 2 amide bonds. The van der Waals surface area contributed by atoms with Gasteiger partial charge in [0.15, 0.2) is 11.9 Å². The second-order valence-electron chi connectivity index (χ2n) is 5.52. The number of amides is 2. The van der Waals surface area contributed by atoms with Crippen molar-refractivity contribution in [1.82, 2.24) is 5.32 Å². The van der Waals surface area contributed by atoms with E-state index in [-0.39, 0.29) is 36.8 Å². The number of nitrogens with two attached hydrogens (primary N) is 2. The zero-order valence-electron chi connectivity index (χ0n) is 14.8. The van der Waals surface area contributed by atoms with Crippen molar-refractivity contribution in [3.05, 3.63) is 48.5 Å². The summed E-state index contributed by atoms with van der Waals surface area (Å²) in [4.78, 5) is 20.3. The Labute approximate surface area is 174 Å². The number of hydrogen-bond acceptors (Lipinski definition) is 5. The molecule has 9 nitrogen and oxygen atoms in total. The lowest BCUT2D eigenvalue weighted by Crippen LogP contribution is -2.26. The Morgan fingerprint density at radius 1 is 0.929 bits per heavy atom. The molecule has 0 atom stereocenters. The molecule has 1 aliphatic rings. The molecule has 28 heavy (non-hydrogen) atoms. The predicted molar refractivity (Wildman–Crippen MR) is 119 cm³/mol. The number of nitrogens with one attached hydrogen (secondary N) is 4. The van der Waals surface area contributed by atoms with Crippen LogP contribution in [0.3, 0.4) is 0 Å². The van der Waals surface area contributed by atoms with Gasteiger partial charge in [0.05, 0.1) is 12.2 Å². The quantitative estimate of drug-likeness (QED) is 0.330. The molecule has 0 radical (unpaired) electrons. The summed E-state index contributed by atoms with van der Waals surface area (Å²) in [7, 11) is 0. The van der Waals surface area contributed by atoms with Gasteiger partial charge >= 0.3 is 6.03 Å². The number of guanidine groups is 2. The highest BCUT2D eigenvalue weighted by Gasteiger charge is 2.06. The number of halogens is 2. The van der Waals surface area contributed by atoms with Gasteiger partial charge in [-0.05, 0) is 48.5 Å². The summed E-state index contributed by atoms with van der Waals surface area (Å²) in [6.07, 6.45) is 0. The highest BCUT2D eigenvalue weighted by molar-refractivity contribution is 6.00. The molecule has 0 saturated heterocycles. The van der Waals surface area contributed by atoms with E-state index in [4.69, 9.17) is 11.5 Å². The molecule has 0 aliphatic carbocycles.